The molecule has 0 spiro atoms. The second-order valence-electron chi connectivity index (χ2n) is 11.4. The monoisotopic (exact) mass is 488 g/mol. The summed E-state index contributed by atoms with van der Waals surface area (Å²) < 4.78 is 0. The van der Waals surface area contributed by atoms with Crippen LogP contribution in [0.2, 0.25) is 25.2 Å². The molecule has 34 heavy (non-hydrogen) atoms. The third-order valence-electron chi connectivity index (χ3n) is 7.10. The number of nitrogens with one attached hydrogen (secondary N) is 1. The van der Waals surface area contributed by atoms with Crippen molar-refractivity contribution in [2.75, 3.05) is 27.2 Å². The highest BCUT2D eigenvalue weighted by atomic mass is 28.3. The first-order valence-corrected chi connectivity index (χ1v) is 17.6. The van der Waals surface area contributed by atoms with Gasteiger partial charge in [-0.25, -0.2) is 0 Å². The van der Waals surface area contributed by atoms with Crippen molar-refractivity contribution in [1.82, 2.24) is 10.2 Å². The summed E-state index contributed by atoms with van der Waals surface area (Å²) in [6, 6.07) is 6.29. The summed E-state index contributed by atoms with van der Waals surface area (Å²) in [6.45, 7) is 12.8. The quantitative estimate of drug-likeness (QED) is 0.110. The van der Waals surface area contributed by atoms with Crippen molar-refractivity contribution in [1.29, 1.82) is 0 Å². The minimum atomic E-state index is -0.997. The van der Waals surface area contributed by atoms with Crippen LogP contribution in [0.15, 0.2) is 30.4 Å². The lowest BCUT2D eigenvalue weighted by atomic mass is 10.0. The van der Waals surface area contributed by atoms with Gasteiger partial charge in [0.2, 0.25) is 0 Å². The largest absolute Gasteiger partial charge is 0.508 e. The fourth-order valence-electron chi connectivity index (χ4n) is 4.81. The maximum Gasteiger partial charge on any atom is 0.120 e. The first-order chi connectivity index (χ1) is 16.3. The van der Waals surface area contributed by atoms with Crippen LogP contribution < -0.4 is 5.32 Å². The molecule has 0 aliphatic rings. The Balaban J connectivity index is 2.14. The van der Waals surface area contributed by atoms with Crippen LogP contribution in [0.25, 0.3) is 0 Å². The van der Waals surface area contributed by atoms with Gasteiger partial charge in [-0.2, -0.15) is 0 Å². The van der Waals surface area contributed by atoms with Gasteiger partial charge in [0.15, 0.2) is 0 Å². The van der Waals surface area contributed by atoms with E-state index in [2.05, 4.69) is 68.1 Å². The van der Waals surface area contributed by atoms with Gasteiger partial charge in [0.05, 0.1) is 0 Å². The Hall–Kier alpha value is -1.10. The minimum absolute atomic E-state index is 0.454. The number of phenols is 1. The van der Waals surface area contributed by atoms with Gasteiger partial charge in [0, 0.05) is 20.2 Å². The molecule has 0 aliphatic carbocycles. The highest BCUT2D eigenvalue weighted by Gasteiger charge is 2.24. The van der Waals surface area contributed by atoms with Crippen LogP contribution >= 0.6 is 0 Å². The highest BCUT2D eigenvalue weighted by Crippen LogP contribution is 2.31. The number of aromatic hydroxyl groups is 1. The summed E-state index contributed by atoms with van der Waals surface area (Å²) in [5, 5.41) is 13.6. The molecular weight excluding hydrogens is 432 g/mol. The van der Waals surface area contributed by atoms with Gasteiger partial charge >= 0.3 is 0 Å². The number of nitrogens with zero attached hydrogens (tertiary/aromatic N) is 1. The number of aryl methyl sites for hydroxylation is 1. The van der Waals surface area contributed by atoms with Gasteiger partial charge in [0.25, 0.3) is 0 Å². The average molecular weight is 489 g/mol. The average Bonchev–Trinajstić information content (AvgIpc) is 2.78. The van der Waals surface area contributed by atoms with Crippen LogP contribution in [0.1, 0.15) is 88.7 Å². The molecule has 1 aromatic rings. The third kappa shape index (κ3) is 14.3. The molecule has 0 fully saturated rings. The Bertz CT molecular complexity index is 668. The van der Waals surface area contributed by atoms with E-state index in [0.717, 1.165) is 43.6 Å². The fraction of sp³-hybridized carbons (Fsp3) is 0.733. The first-order valence-electron chi connectivity index (χ1n) is 14.1. The van der Waals surface area contributed by atoms with Crippen LogP contribution in [-0.4, -0.2) is 45.3 Å². The first kappa shape index (κ1) is 30.9. The molecule has 3 nitrogen and oxygen atoms in total. The van der Waals surface area contributed by atoms with E-state index in [4.69, 9.17) is 0 Å². The Morgan fingerprint density at radius 3 is 2.35 bits per heavy atom. The summed E-state index contributed by atoms with van der Waals surface area (Å²) >= 11 is 0. The maximum atomic E-state index is 10.4. The Kier molecular flexibility index (Phi) is 16.6. The lowest BCUT2D eigenvalue weighted by Gasteiger charge is -2.28. The predicted octanol–water partition coefficient (Wildman–Crippen LogP) is 8.16. The Morgan fingerprint density at radius 2 is 1.68 bits per heavy atom. The smallest absolute Gasteiger partial charge is 0.120 e. The molecule has 0 saturated carbocycles. The van der Waals surface area contributed by atoms with Gasteiger partial charge in [-0.3, -0.25) is 0 Å². The van der Waals surface area contributed by atoms with E-state index in [1.165, 1.54) is 69.8 Å². The molecular formula is C30H56N2OSi. The lowest BCUT2D eigenvalue weighted by molar-refractivity contribution is 0.315. The summed E-state index contributed by atoms with van der Waals surface area (Å²) in [5.74, 6) is 0.454. The minimum Gasteiger partial charge on any atom is -0.508 e. The highest BCUT2D eigenvalue weighted by molar-refractivity contribution is 6.77. The molecule has 0 aromatic heterocycles. The number of benzene rings is 1. The zero-order valence-electron chi connectivity index (χ0n) is 23.5. The lowest BCUT2D eigenvalue weighted by Crippen LogP contribution is -2.27. The molecule has 2 N–H and O–H groups in total. The second kappa shape index (κ2) is 18.2. The molecule has 0 bridgehead atoms. The Labute approximate surface area is 213 Å². The number of allylic oxidation sites excluding steroid dienone is 2. The normalized spacial score (nSPS) is 13.3. The topological polar surface area (TPSA) is 35.5 Å². The van der Waals surface area contributed by atoms with E-state index in [0.29, 0.717) is 5.75 Å². The van der Waals surface area contributed by atoms with Gasteiger partial charge in [0.1, 0.15) is 5.75 Å². The molecule has 1 rings (SSSR count). The van der Waals surface area contributed by atoms with Crippen LogP contribution in [0, 0.1) is 0 Å². The van der Waals surface area contributed by atoms with Crippen molar-refractivity contribution in [2.24, 2.45) is 0 Å². The summed E-state index contributed by atoms with van der Waals surface area (Å²) in [4.78, 5) is 2.28. The van der Waals surface area contributed by atoms with E-state index in [-0.39, 0.29) is 0 Å². The molecule has 0 heterocycles. The zero-order chi connectivity index (χ0) is 25.2. The second-order valence-corrected chi connectivity index (χ2v) is 16.9. The van der Waals surface area contributed by atoms with E-state index in [1.807, 2.05) is 13.1 Å². The molecule has 0 saturated heterocycles. The molecule has 0 radical (unpaired) electrons. The molecule has 1 unspecified atom stereocenters. The van der Waals surface area contributed by atoms with Crippen molar-refractivity contribution >= 4 is 8.07 Å². The molecule has 1 atom stereocenters. The number of unbranched alkanes of at least 4 members (excludes halogenated alkanes) is 5. The molecule has 0 aliphatic heterocycles. The van der Waals surface area contributed by atoms with Crippen molar-refractivity contribution in [3.05, 3.63) is 41.5 Å². The van der Waals surface area contributed by atoms with Gasteiger partial charge in [-0.1, -0.05) is 83.0 Å². The SMILES string of the molecule is CCCC(CC/C=C/CCCCCCCc1ccc(CN(C)CCCNC)c(O)c1)[Si](C)(C)C. The number of rotatable bonds is 20. The van der Waals surface area contributed by atoms with Crippen LogP contribution in [0.3, 0.4) is 0 Å². The van der Waals surface area contributed by atoms with E-state index >= 15 is 0 Å². The standard InChI is InChI=1S/C30H56N2OSi/c1-7-18-29(34(4,5)6)20-16-14-12-10-8-9-11-13-15-19-27-21-22-28(30(33)25-27)26-32(3)24-17-23-31-2/h12,14,21-22,25,29,31,33H,7-11,13,15-20,23-24,26H2,1-6H3/b14-12+. The summed E-state index contributed by atoms with van der Waals surface area (Å²) in [7, 11) is 3.11. The van der Waals surface area contributed by atoms with E-state index in [9.17, 15) is 5.11 Å². The summed E-state index contributed by atoms with van der Waals surface area (Å²) in [5.41, 5.74) is 3.28. The third-order valence-corrected chi connectivity index (χ3v) is 10.1. The summed E-state index contributed by atoms with van der Waals surface area (Å²) in [6.07, 6.45) is 20.2. The number of hydrogen-bond acceptors (Lipinski definition) is 3. The molecule has 0 amide bonds. The van der Waals surface area contributed by atoms with Crippen LogP contribution in [-0.2, 0) is 13.0 Å². The molecule has 4 heteroatoms. The van der Waals surface area contributed by atoms with Gasteiger partial charge in [-0.05, 0) is 89.3 Å². The predicted molar refractivity (Wildman–Crippen MR) is 155 cm³/mol. The maximum absolute atomic E-state index is 10.4. The Morgan fingerprint density at radius 1 is 0.971 bits per heavy atom. The van der Waals surface area contributed by atoms with Crippen molar-refractivity contribution in [3.63, 3.8) is 0 Å². The molecule has 1 aromatic carbocycles. The fourth-order valence-corrected chi connectivity index (χ4v) is 7.00. The number of phenolic OH excluding ortho intramolecular Hbond substituents is 1. The van der Waals surface area contributed by atoms with Crippen LogP contribution in [0.5, 0.6) is 5.75 Å². The van der Waals surface area contributed by atoms with Crippen molar-refractivity contribution in [3.8, 4) is 5.75 Å². The van der Waals surface area contributed by atoms with E-state index < -0.39 is 8.07 Å². The van der Waals surface area contributed by atoms with E-state index in [1.54, 1.807) is 0 Å². The van der Waals surface area contributed by atoms with Gasteiger partial charge < -0.3 is 15.3 Å². The van der Waals surface area contributed by atoms with Gasteiger partial charge in [-0.15, -0.1) is 0 Å². The zero-order valence-corrected chi connectivity index (χ0v) is 24.5. The number of hydrogen-bond donors (Lipinski definition) is 2. The van der Waals surface area contributed by atoms with Crippen molar-refractivity contribution < 1.29 is 5.11 Å². The molecule has 196 valence electrons. The van der Waals surface area contributed by atoms with Crippen molar-refractivity contribution in [2.45, 2.75) is 116 Å². The van der Waals surface area contributed by atoms with Crippen LogP contribution in [0.4, 0.5) is 0 Å².